The molecule has 3 heterocycles. The number of carbonyl (C=O) groups is 3. The van der Waals surface area contributed by atoms with Crippen LogP contribution in [0.2, 0.25) is 0 Å². The highest BCUT2D eigenvalue weighted by molar-refractivity contribution is 6.16. The molecule has 4 atom stereocenters. The quantitative estimate of drug-likeness (QED) is 0.565. The van der Waals surface area contributed by atoms with Gasteiger partial charge in [0.2, 0.25) is 5.91 Å². The van der Waals surface area contributed by atoms with Gasteiger partial charge in [-0.2, -0.15) is 0 Å². The van der Waals surface area contributed by atoms with Gasteiger partial charge < -0.3 is 10.2 Å². The molecule has 1 spiro atoms. The summed E-state index contributed by atoms with van der Waals surface area (Å²) in [4.78, 5) is 43.5. The molecule has 0 aliphatic carbocycles. The third-order valence-electron chi connectivity index (χ3n) is 7.71. The number of amides is 1. The van der Waals surface area contributed by atoms with E-state index in [0.717, 1.165) is 16.8 Å². The van der Waals surface area contributed by atoms with E-state index in [4.69, 9.17) is 0 Å². The van der Waals surface area contributed by atoms with Crippen LogP contribution in [0.15, 0.2) is 78.9 Å². The molecule has 3 aliphatic rings. The van der Waals surface area contributed by atoms with Crippen LogP contribution in [0.1, 0.15) is 35.3 Å². The number of allylic oxidation sites excluding steroid dienone is 1. The SMILES string of the molecule is CC(=O)[C@@H]1[C@H](C(=O)c2ccc(F)cc2)[C@@]2(C(=O)Nc3ccccc32)[C@@H]2C=C(C)c3ccccc3N12. The van der Waals surface area contributed by atoms with Crippen molar-refractivity contribution in [3.05, 3.63) is 101 Å². The molecule has 3 aromatic carbocycles. The molecular weight excluding hydrogens is 443 g/mol. The van der Waals surface area contributed by atoms with Gasteiger partial charge in [0.15, 0.2) is 11.6 Å². The molecule has 5 nitrogen and oxygen atoms in total. The summed E-state index contributed by atoms with van der Waals surface area (Å²) < 4.78 is 13.7. The van der Waals surface area contributed by atoms with Crippen molar-refractivity contribution in [2.24, 2.45) is 5.92 Å². The maximum atomic E-state index is 14.2. The second-order valence-corrected chi connectivity index (χ2v) is 9.49. The fourth-order valence-corrected chi connectivity index (χ4v) is 6.33. The second-order valence-electron chi connectivity index (χ2n) is 9.49. The zero-order valence-electron chi connectivity index (χ0n) is 19.3. The lowest BCUT2D eigenvalue weighted by atomic mass is 9.64. The molecule has 6 rings (SSSR count). The minimum absolute atomic E-state index is 0.202. The van der Waals surface area contributed by atoms with Gasteiger partial charge in [-0.25, -0.2) is 4.39 Å². The van der Waals surface area contributed by atoms with Crippen LogP contribution in [0.3, 0.4) is 0 Å². The van der Waals surface area contributed by atoms with Gasteiger partial charge in [-0.15, -0.1) is 0 Å². The Hall–Kier alpha value is -4.06. The van der Waals surface area contributed by atoms with Crippen LogP contribution in [0.4, 0.5) is 15.8 Å². The van der Waals surface area contributed by atoms with Gasteiger partial charge in [0.05, 0.1) is 18.0 Å². The molecule has 3 aromatic rings. The first-order chi connectivity index (χ1) is 16.9. The number of anilines is 2. The molecule has 3 aliphatic heterocycles. The normalized spacial score (nSPS) is 26.0. The van der Waals surface area contributed by atoms with Crippen molar-refractivity contribution in [2.45, 2.75) is 31.3 Å². The molecular formula is C29H23FN2O3. The number of nitrogens with one attached hydrogen (secondary N) is 1. The molecule has 1 saturated heterocycles. The molecule has 1 N–H and O–H groups in total. The Kier molecular flexibility index (Phi) is 4.58. The van der Waals surface area contributed by atoms with Crippen molar-refractivity contribution in [1.29, 1.82) is 0 Å². The number of halogens is 1. The highest BCUT2D eigenvalue weighted by Gasteiger charge is 2.70. The van der Waals surface area contributed by atoms with Crippen molar-refractivity contribution in [2.75, 3.05) is 10.2 Å². The molecule has 0 unspecified atom stereocenters. The number of fused-ring (bicyclic) bond motifs is 6. The molecule has 0 bridgehead atoms. The average Bonchev–Trinajstić information content (AvgIpc) is 3.32. The maximum absolute atomic E-state index is 14.2. The number of nitrogens with zero attached hydrogens (tertiary/aromatic N) is 1. The fourth-order valence-electron chi connectivity index (χ4n) is 6.33. The minimum atomic E-state index is -1.33. The average molecular weight is 467 g/mol. The number of Topliss-reactive ketones (excluding diaryl/α,β-unsaturated/α-hetero) is 2. The molecule has 0 radical (unpaired) electrons. The van der Waals surface area contributed by atoms with Crippen LogP contribution >= 0.6 is 0 Å². The number of carbonyl (C=O) groups excluding carboxylic acids is 3. The van der Waals surface area contributed by atoms with E-state index in [2.05, 4.69) is 5.32 Å². The van der Waals surface area contributed by atoms with Crippen molar-refractivity contribution >= 4 is 34.4 Å². The van der Waals surface area contributed by atoms with Crippen LogP contribution < -0.4 is 10.2 Å². The number of hydrogen-bond donors (Lipinski definition) is 1. The Morgan fingerprint density at radius 3 is 2.40 bits per heavy atom. The van der Waals surface area contributed by atoms with Crippen molar-refractivity contribution in [3.8, 4) is 0 Å². The van der Waals surface area contributed by atoms with Gasteiger partial charge in [0, 0.05) is 22.5 Å². The molecule has 1 fully saturated rings. The minimum Gasteiger partial charge on any atom is -0.352 e. The third-order valence-corrected chi connectivity index (χ3v) is 7.71. The van der Waals surface area contributed by atoms with Crippen molar-refractivity contribution < 1.29 is 18.8 Å². The van der Waals surface area contributed by atoms with Crippen molar-refractivity contribution in [1.82, 2.24) is 0 Å². The summed E-state index contributed by atoms with van der Waals surface area (Å²) in [5, 5.41) is 2.99. The summed E-state index contributed by atoms with van der Waals surface area (Å²) in [5.74, 6) is -2.32. The summed E-state index contributed by atoms with van der Waals surface area (Å²) in [6.45, 7) is 3.46. The van der Waals surface area contributed by atoms with Gasteiger partial charge >= 0.3 is 0 Å². The first-order valence-electron chi connectivity index (χ1n) is 11.6. The van der Waals surface area contributed by atoms with Gasteiger partial charge in [0.25, 0.3) is 0 Å². The highest BCUT2D eigenvalue weighted by Crippen LogP contribution is 2.58. The summed E-state index contributed by atoms with van der Waals surface area (Å²) in [6.07, 6.45) is 2.01. The van der Waals surface area contributed by atoms with Crippen LogP contribution in [0.5, 0.6) is 0 Å². The van der Waals surface area contributed by atoms with E-state index in [9.17, 15) is 18.8 Å². The zero-order chi connectivity index (χ0) is 24.5. The second kappa shape index (κ2) is 7.47. The molecule has 0 saturated carbocycles. The topological polar surface area (TPSA) is 66.5 Å². The molecule has 1 amide bonds. The van der Waals surface area contributed by atoms with Crippen LogP contribution in [-0.4, -0.2) is 29.6 Å². The maximum Gasteiger partial charge on any atom is 0.238 e. The molecule has 35 heavy (non-hydrogen) atoms. The van der Waals surface area contributed by atoms with Crippen LogP contribution in [-0.2, 0) is 15.0 Å². The Labute approximate surface area is 202 Å². The van der Waals surface area contributed by atoms with E-state index in [1.54, 1.807) is 0 Å². The Balaban J connectivity index is 1.68. The smallest absolute Gasteiger partial charge is 0.238 e. The van der Waals surface area contributed by atoms with Gasteiger partial charge in [-0.3, -0.25) is 14.4 Å². The van der Waals surface area contributed by atoms with E-state index in [0.29, 0.717) is 11.3 Å². The lowest BCUT2D eigenvalue weighted by Gasteiger charge is -2.39. The number of rotatable bonds is 3. The van der Waals surface area contributed by atoms with E-state index in [1.165, 1.54) is 31.2 Å². The number of benzene rings is 3. The Morgan fingerprint density at radius 1 is 0.971 bits per heavy atom. The summed E-state index contributed by atoms with van der Waals surface area (Å²) in [6, 6.07) is 19.0. The highest BCUT2D eigenvalue weighted by atomic mass is 19.1. The van der Waals surface area contributed by atoms with Gasteiger partial charge in [-0.05, 0) is 61.4 Å². The first kappa shape index (κ1) is 21.5. The Bertz CT molecular complexity index is 1440. The number of hydrogen-bond acceptors (Lipinski definition) is 4. The number of para-hydroxylation sites is 2. The number of ketones is 2. The standard InChI is InChI=1S/C29H23FN2O3/c1-16-15-24-29(21-8-4-5-9-22(21)31-28(29)35)25(27(34)18-11-13-19(30)14-12-18)26(17(2)33)32(24)23-10-6-3-7-20(16)23/h3-15,24-26H,1-2H3,(H,31,35)/t24-,25+,26+,29-/m0/s1. The largest absolute Gasteiger partial charge is 0.352 e. The third kappa shape index (κ3) is 2.77. The van der Waals surface area contributed by atoms with Crippen molar-refractivity contribution in [3.63, 3.8) is 0 Å². The predicted molar refractivity (Wildman–Crippen MR) is 132 cm³/mol. The lowest BCUT2D eigenvalue weighted by molar-refractivity contribution is -0.122. The summed E-state index contributed by atoms with van der Waals surface area (Å²) in [5.41, 5.74) is 3.06. The van der Waals surface area contributed by atoms with Crippen LogP contribution in [0.25, 0.3) is 5.57 Å². The fraction of sp³-hybridized carbons (Fsp3) is 0.207. The Morgan fingerprint density at radius 2 is 1.66 bits per heavy atom. The van der Waals surface area contributed by atoms with Gasteiger partial charge in [-0.1, -0.05) is 42.5 Å². The molecule has 6 heteroatoms. The lowest BCUT2D eigenvalue weighted by Crippen LogP contribution is -2.51. The molecule has 174 valence electrons. The zero-order valence-corrected chi connectivity index (χ0v) is 19.3. The van der Waals surface area contributed by atoms with E-state index in [1.807, 2.05) is 66.4 Å². The van der Waals surface area contributed by atoms with Crippen LogP contribution in [0, 0.1) is 11.7 Å². The summed E-state index contributed by atoms with van der Waals surface area (Å²) in [7, 11) is 0. The first-order valence-corrected chi connectivity index (χ1v) is 11.6. The van der Waals surface area contributed by atoms with E-state index < -0.39 is 29.2 Å². The van der Waals surface area contributed by atoms with E-state index >= 15 is 0 Å². The summed E-state index contributed by atoms with van der Waals surface area (Å²) >= 11 is 0. The molecule has 0 aromatic heterocycles. The van der Waals surface area contributed by atoms with Gasteiger partial charge in [0.1, 0.15) is 11.2 Å². The van der Waals surface area contributed by atoms with E-state index in [-0.39, 0.29) is 23.0 Å². The predicted octanol–water partition coefficient (Wildman–Crippen LogP) is 4.78. The monoisotopic (exact) mass is 466 g/mol.